The van der Waals surface area contributed by atoms with Crippen molar-refractivity contribution in [2.24, 2.45) is 0 Å². The second kappa shape index (κ2) is 5.70. The van der Waals surface area contributed by atoms with Crippen molar-refractivity contribution in [1.82, 2.24) is 5.32 Å². The van der Waals surface area contributed by atoms with Gasteiger partial charge in [-0.1, -0.05) is 12.1 Å². The van der Waals surface area contributed by atoms with Crippen LogP contribution in [0.5, 0.6) is 0 Å². The van der Waals surface area contributed by atoms with Gasteiger partial charge in [-0.15, -0.1) is 0 Å². The molecule has 0 aromatic heterocycles. The zero-order valence-electron chi connectivity index (χ0n) is 8.26. The second-order valence-corrected chi connectivity index (χ2v) is 3.27. The van der Waals surface area contributed by atoms with Crippen LogP contribution in [0, 0.1) is 5.82 Å². The van der Waals surface area contributed by atoms with E-state index in [1.807, 2.05) is 13.0 Å². The van der Waals surface area contributed by atoms with Gasteiger partial charge in [0, 0.05) is 6.04 Å². The molecule has 0 amide bonds. The largest absolute Gasteiger partial charge is 0.310 e. The number of halogens is 2. The summed E-state index contributed by atoms with van der Waals surface area (Å²) in [5.74, 6) is -0.235. The number of nitrogens with one attached hydrogen (secondary N) is 1. The van der Waals surface area contributed by atoms with Gasteiger partial charge in [0.1, 0.15) is 5.82 Å². The molecular formula is C11H15F2N. The summed E-state index contributed by atoms with van der Waals surface area (Å²) in [7, 11) is 0. The molecule has 3 heteroatoms. The van der Waals surface area contributed by atoms with Crippen LogP contribution in [0.3, 0.4) is 0 Å². The predicted octanol–water partition coefficient (Wildman–Crippen LogP) is 2.84. The van der Waals surface area contributed by atoms with Crippen LogP contribution in [-0.4, -0.2) is 13.2 Å². The van der Waals surface area contributed by atoms with E-state index in [1.165, 1.54) is 12.1 Å². The topological polar surface area (TPSA) is 12.0 Å². The third-order valence-corrected chi connectivity index (χ3v) is 2.11. The van der Waals surface area contributed by atoms with Gasteiger partial charge in [0.2, 0.25) is 0 Å². The first-order valence-corrected chi connectivity index (χ1v) is 4.79. The zero-order valence-corrected chi connectivity index (χ0v) is 8.26. The first-order valence-electron chi connectivity index (χ1n) is 4.79. The van der Waals surface area contributed by atoms with Gasteiger partial charge in [-0.3, -0.25) is 4.39 Å². The lowest BCUT2D eigenvalue weighted by atomic mass is 10.1. The Balaban J connectivity index is 2.47. The Kier molecular flexibility index (Phi) is 4.53. The number of benzene rings is 1. The van der Waals surface area contributed by atoms with E-state index in [0.717, 1.165) is 5.56 Å². The fourth-order valence-corrected chi connectivity index (χ4v) is 1.28. The zero-order chi connectivity index (χ0) is 10.4. The summed E-state index contributed by atoms with van der Waals surface area (Å²) >= 11 is 0. The van der Waals surface area contributed by atoms with E-state index in [1.54, 1.807) is 6.07 Å². The van der Waals surface area contributed by atoms with Gasteiger partial charge >= 0.3 is 0 Å². The molecule has 0 aliphatic carbocycles. The summed E-state index contributed by atoms with van der Waals surface area (Å²) in [4.78, 5) is 0. The smallest absolute Gasteiger partial charge is 0.123 e. The van der Waals surface area contributed by atoms with Gasteiger partial charge in [0.05, 0.1) is 6.67 Å². The molecule has 1 rings (SSSR count). The average molecular weight is 199 g/mol. The van der Waals surface area contributed by atoms with Crippen LogP contribution >= 0.6 is 0 Å². The summed E-state index contributed by atoms with van der Waals surface area (Å²) in [5, 5.41) is 3.12. The van der Waals surface area contributed by atoms with Gasteiger partial charge in [-0.25, -0.2) is 4.39 Å². The predicted molar refractivity (Wildman–Crippen MR) is 53.4 cm³/mol. The lowest BCUT2D eigenvalue weighted by Gasteiger charge is -2.13. The van der Waals surface area contributed by atoms with Crippen molar-refractivity contribution in [3.05, 3.63) is 35.6 Å². The summed E-state index contributed by atoms with van der Waals surface area (Å²) in [6, 6.07) is 6.51. The number of hydrogen-bond acceptors (Lipinski definition) is 1. The molecule has 0 saturated carbocycles. The highest BCUT2D eigenvalue weighted by Gasteiger charge is 2.04. The van der Waals surface area contributed by atoms with Crippen LogP contribution in [0.4, 0.5) is 8.78 Å². The monoisotopic (exact) mass is 199 g/mol. The van der Waals surface area contributed by atoms with E-state index in [0.29, 0.717) is 13.0 Å². The highest BCUT2D eigenvalue weighted by Crippen LogP contribution is 2.12. The van der Waals surface area contributed by atoms with Gasteiger partial charge in [0.15, 0.2) is 0 Å². The molecule has 0 heterocycles. The molecule has 0 saturated heterocycles. The Morgan fingerprint density at radius 3 is 2.86 bits per heavy atom. The fraction of sp³-hybridized carbons (Fsp3) is 0.455. The summed E-state index contributed by atoms with van der Waals surface area (Å²) in [5.41, 5.74) is 0.892. The fourth-order valence-electron chi connectivity index (χ4n) is 1.28. The van der Waals surface area contributed by atoms with E-state index in [4.69, 9.17) is 0 Å². The molecule has 1 aromatic rings. The second-order valence-electron chi connectivity index (χ2n) is 3.27. The van der Waals surface area contributed by atoms with Gasteiger partial charge in [0.25, 0.3) is 0 Å². The van der Waals surface area contributed by atoms with Crippen molar-refractivity contribution in [3.8, 4) is 0 Å². The van der Waals surface area contributed by atoms with Crippen molar-refractivity contribution in [3.63, 3.8) is 0 Å². The molecule has 0 spiro atoms. The van der Waals surface area contributed by atoms with Crippen LogP contribution in [0.1, 0.15) is 24.9 Å². The number of hydrogen-bond donors (Lipinski definition) is 1. The van der Waals surface area contributed by atoms with Crippen molar-refractivity contribution >= 4 is 0 Å². The molecule has 14 heavy (non-hydrogen) atoms. The minimum absolute atomic E-state index is 0.0669. The molecule has 0 aliphatic rings. The lowest BCUT2D eigenvalue weighted by molar-refractivity contribution is 0.445. The standard InChI is InChI=1S/C11H15F2N/c1-9(14-7-3-6-12)10-4-2-5-11(13)8-10/h2,4-5,8-9,14H,3,6-7H2,1H3. The molecule has 1 unspecified atom stereocenters. The normalized spacial score (nSPS) is 12.8. The van der Waals surface area contributed by atoms with E-state index in [-0.39, 0.29) is 18.5 Å². The summed E-state index contributed by atoms with van der Waals surface area (Å²) < 4.78 is 24.6. The molecule has 78 valence electrons. The van der Waals surface area contributed by atoms with Crippen LogP contribution < -0.4 is 5.32 Å². The Morgan fingerprint density at radius 1 is 1.43 bits per heavy atom. The molecule has 0 bridgehead atoms. The van der Waals surface area contributed by atoms with Crippen LogP contribution in [0.25, 0.3) is 0 Å². The van der Waals surface area contributed by atoms with E-state index in [9.17, 15) is 8.78 Å². The SMILES string of the molecule is CC(NCCCF)c1cccc(F)c1. The van der Waals surface area contributed by atoms with E-state index >= 15 is 0 Å². The maximum atomic E-state index is 12.8. The summed E-state index contributed by atoms with van der Waals surface area (Å²) in [6.45, 7) is 2.24. The highest BCUT2D eigenvalue weighted by molar-refractivity contribution is 5.19. The number of alkyl halides is 1. The minimum atomic E-state index is -0.317. The Bertz CT molecular complexity index is 276. The maximum Gasteiger partial charge on any atom is 0.123 e. The van der Waals surface area contributed by atoms with Crippen LogP contribution in [0.2, 0.25) is 0 Å². The third-order valence-electron chi connectivity index (χ3n) is 2.11. The van der Waals surface area contributed by atoms with Gasteiger partial charge < -0.3 is 5.32 Å². The van der Waals surface area contributed by atoms with Crippen molar-refractivity contribution in [2.75, 3.05) is 13.2 Å². The molecule has 1 atom stereocenters. The Hall–Kier alpha value is -0.960. The van der Waals surface area contributed by atoms with Crippen LogP contribution in [0.15, 0.2) is 24.3 Å². The third kappa shape index (κ3) is 3.42. The molecule has 0 radical (unpaired) electrons. The molecule has 1 N–H and O–H groups in total. The van der Waals surface area contributed by atoms with Crippen molar-refractivity contribution in [1.29, 1.82) is 0 Å². The molecule has 1 aromatic carbocycles. The van der Waals surface area contributed by atoms with Crippen molar-refractivity contribution in [2.45, 2.75) is 19.4 Å². The first kappa shape index (κ1) is 11.1. The quantitative estimate of drug-likeness (QED) is 0.719. The molecule has 0 fully saturated rings. The molecule has 1 nitrogen and oxygen atoms in total. The Labute approximate surface area is 83.1 Å². The van der Waals surface area contributed by atoms with E-state index in [2.05, 4.69) is 5.32 Å². The maximum absolute atomic E-state index is 12.8. The first-order chi connectivity index (χ1) is 6.74. The lowest BCUT2D eigenvalue weighted by Crippen LogP contribution is -2.20. The van der Waals surface area contributed by atoms with Gasteiger partial charge in [-0.2, -0.15) is 0 Å². The molecular weight excluding hydrogens is 184 g/mol. The van der Waals surface area contributed by atoms with Gasteiger partial charge in [-0.05, 0) is 37.6 Å². The molecule has 0 aliphatic heterocycles. The van der Waals surface area contributed by atoms with E-state index < -0.39 is 0 Å². The number of rotatable bonds is 5. The van der Waals surface area contributed by atoms with Crippen LogP contribution in [-0.2, 0) is 0 Å². The highest BCUT2D eigenvalue weighted by atomic mass is 19.1. The summed E-state index contributed by atoms with van der Waals surface area (Å²) in [6.07, 6.45) is 0.500. The minimum Gasteiger partial charge on any atom is -0.310 e. The average Bonchev–Trinajstić information content (AvgIpc) is 2.18. The Morgan fingerprint density at radius 2 is 2.21 bits per heavy atom. The van der Waals surface area contributed by atoms with Crippen molar-refractivity contribution < 1.29 is 8.78 Å².